The molecular weight excluding hydrogens is 388 g/mol. The van der Waals surface area contributed by atoms with E-state index in [4.69, 9.17) is 16.3 Å². The van der Waals surface area contributed by atoms with Crippen molar-refractivity contribution < 1.29 is 18.3 Å². The van der Waals surface area contributed by atoms with Crippen molar-refractivity contribution in [2.24, 2.45) is 0 Å². The van der Waals surface area contributed by atoms with E-state index < -0.39 is 18.4 Å². The average Bonchev–Trinajstić information content (AvgIpc) is 2.67. The molecule has 1 saturated heterocycles. The molecule has 150 valence electrons. The van der Waals surface area contributed by atoms with Crippen molar-refractivity contribution in [1.82, 2.24) is 9.88 Å². The summed E-state index contributed by atoms with van der Waals surface area (Å²) in [6.07, 6.45) is 0.710. The summed E-state index contributed by atoms with van der Waals surface area (Å²) in [5.41, 5.74) is 0.379. The Kier molecular flexibility index (Phi) is 6.34. The number of carbonyl (C=O) groups excluding carboxylic acids is 1. The quantitative estimate of drug-likeness (QED) is 0.764. The highest BCUT2D eigenvalue weighted by Gasteiger charge is 2.42. The highest BCUT2D eigenvalue weighted by molar-refractivity contribution is 6.30. The molecule has 28 heavy (non-hydrogen) atoms. The van der Waals surface area contributed by atoms with Gasteiger partial charge >= 0.3 is 0 Å². The van der Waals surface area contributed by atoms with Crippen molar-refractivity contribution in [3.05, 3.63) is 53.2 Å². The van der Waals surface area contributed by atoms with Gasteiger partial charge in [-0.2, -0.15) is 0 Å². The fourth-order valence-corrected chi connectivity index (χ4v) is 3.37. The number of benzene rings is 1. The van der Waals surface area contributed by atoms with Crippen molar-refractivity contribution >= 4 is 23.3 Å². The maximum Gasteiger partial charge on any atom is 0.257 e. The number of carbonyl (C=O) groups is 1. The SMILES string of the molecule is CCOc1ccccc1C(=O)N1CCC(F)(F)C[C@H]1CNc1ccc(Cl)cn1. The van der Waals surface area contributed by atoms with Crippen LogP contribution in [0.15, 0.2) is 42.6 Å². The molecule has 1 aromatic carbocycles. The average molecular weight is 410 g/mol. The van der Waals surface area contributed by atoms with E-state index in [9.17, 15) is 13.6 Å². The molecule has 1 atom stereocenters. The van der Waals surface area contributed by atoms with Gasteiger partial charge < -0.3 is 15.0 Å². The summed E-state index contributed by atoms with van der Waals surface area (Å²) in [6.45, 7) is 2.38. The third-order valence-electron chi connectivity index (χ3n) is 4.62. The molecule has 1 aromatic heterocycles. The Morgan fingerprint density at radius 1 is 1.36 bits per heavy atom. The maximum atomic E-state index is 14.0. The molecule has 1 amide bonds. The summed E-state index contributed by atoms with van der Waals surface area (Å²) in [7, 11) is 0. The Bertz CT molecular complexity index is 817. The van der Waals surface area contributed by atoms with E-state index in [1.54, 1.807) is 36.4 Å². The van der Waals surface area contributed by atoms with Crippen molar-refractivity contribution in [2.45, 2.75) is 31.7 Å². The standard InChI is InChI=1S/C20H22ClF2N3O2/c1-2-28-17-6-4-3-5-16(17)19(27)26-10-9-20(22,23)11-15(26)13-25-18-8-7-14(21)12-24-18/h3-8,12,15H,2,9-11,13H2,1H3,(H,24,25)/t15-/m0/s1. The topological polar surface area (TPSA) is 54.5 Å². The molecule has 0 spiro atoms. The lowest BCUT2D eigenvalue weighted by Crippen LogP contribution is -2.52. The highest BCUT2D eigenvalue weighted by atomic mass is 35.5. The lowest BCUT2D eigenvalue weighted by atomic mass is 9.97. The van der Waals surface area contributed by atoms with Gasteiger partial charge in [-0.25, -0.2) is 13.8 Å². The van der Waals surface area contributed by atoms with E-state index in [2.05, 4.69) is 10.3 Å². The molecule has 1 fully saturated rings. The van der Waals surface area contributed by atoms with Crippen LogP contribution in [0.1, 0.15) is 30.1 Å². The predicted molar refractivity (Wildman–Crippen MR) is 104 cm³/mol. The van der Waals surface area contributed by atoms with Gasteiger partial charge in [0, 0.05) is 32.1 Å². The number of pyridine rings is 1. The Balaban J connectivity index is 1.79. The second kappa shape index (κ2) is 8.73. The number of nitrogens with one attached hydrogen (secondary N) is 1. The van der Waals surface area contributed by atoms with Crippen molar-refractivity contribution in [2.75, 3.05) is 25.0 Å². The first-order valence-corrected chi connectivity index (χ1v) is 9.53. The number of anilines is 1. The largest absolute Gasteiger partial charge is 0.493 e. The number of alkyl halides is 2. The van der Waals surface area contributed by atoms with Gasteiger partial charge in [0.05, 0.1) is 23.2 Å². The van der Waals surface area contributed by atoms with Crippen LogP contribution in [0, 0.1) is 0 Å². The Morgan fingerprint density at radius 2 is 2.14 bits per heavy atom. The lowest BCUT2D eigenvalue weighted by molar-refractivity contribution is -0.0674. The first-order chi connectivity index (χ1) is 13.4. The number of aromatic nitrogens is 1. The number of amides is 1. The van der Waals surface area contributed by atoms with Crippen LogP contribution in [0.2, 0.25) is 5.02 Å². The van der Waals surface area contributed by atoms with Crippen molar-refractivity contribution in [3.8, 4) is 5.75 Å². The molecule has 0 radical (unpaired) electrons. The Hall–Kier alpha value is -2.41. The van der Waals surface area contributed by atoms with Crippen LogP contribution in [0.4, 0.5) is 14.6 Å². The van der Waals surface area contributed by atoms with Gasteiger partial charge in [0.2, 0.25) is 0 Å². The summed E-state index contributed by atoms with van der Waals surface area (Å²) in [5, 5.41) is 3.51. The van der Waals surface area contributed by atoms with E-state index in [0.717, 1.165) is 0 Å². The van der Waals surface area contributed by atoms with E-state index in [1.165, 1.54) is 11.1 Å². The number of hydrogen-bond acceptors (Lipinski definition) is 4. The summed E-state index contributed by atoms with van der Waals surface area (Å²) in [5.74, 6) is -2.15. The van der Waals surface area contributed by atoms with Crippen LogP contribution in [0.5, 0.6) is 5.75 Å². The van der Waals surface area contributed by atoms with E-state index in [-0.39, 0.29) is 25.4 Å². The van der Waals surface area contributed by atoms with Crippen LogP contribution >= 0.6 is 11.6 Å². The molecule has 0 bridgehead atoms. The smallest absolute Gasteiger partial charge is 0.257 e. The minimum Gasteiger partial charge on any atom is -0.493 e. The second-order valence-corrected chi connectivity index (χ2v) is 7.07. The fraction of sp³-hybridized carbons (Fsp3) is 0.400. The number of ether oxygens (including phenoxy) is 1. The molecule has 2 aromatic rings. The number of halogens is 3. The third-order valence-corrected chi connectivity index (χ3v) is 4.84. The molecule has 0 unspecified atom stereocenters. The fourth-order valence-electron chi connectivity index (χ4n) is 3.26. The number of nitrogens with zero attached hydrogens (tertiary/aromatic N) is 2. The van der Waals surface area contributed by atoms with E-state index in [0.29, 0.717) is 28.8 Å². The number of likely N-dealkylation sites (tertiary alicyclic amines) is 1. The minimum atomic E-state index is -2.81. The first-order valence-electron chi connectivity index (χ1n) is 9.15. The van der Waals surface area contributed by atoms with Gasteiger partial charge in [0.15, 0.2) is 0 Å². The minimum absolute atomic E-state index is 0.0211. The first kappa shape index (κ1) is 20.3. The summed E-state index contributed by atoms with van der Waals surface area (Å²) in [4.78, 5) is 18.7. The van der Waals surface area contributed by atoms with Crippen LogP contribution in [0.25, 0.3) is 0 Å². The van der Waals surface area contributed by atoms with Crippen LogP contribution < -0.4 is 10.1 Å². The second-order valence-electron chi connectivity index (χ2n) is 6.63. The molecule has 3 rings (SSSR count). The third kappa shape index (κ3) is 4.90. The molecular formula is C20H22ClF2N3O2. The molecule has 0 aliphatic carbocycles. The van der Waals surface area contributed by atoms with Gasteiger partial charge in [-0.3, -0.25) is 4.79 Å². The van der Waals surface area contributed by atoms with Gasteiger partial charge in [-0.1, -0.05) is 23.7 Å². The van der Waals surface area contributed by atoms with Crippen LogP contribution in [-0.2, 0) is 0 Å². The van der Waals surface area contributed by atoms with Gasteiger partial charge in [-0.15, -0.1) is 0 Å². The Morgan fingerprint density at radius 3 is 2.86 bits per heavy atom. The number of para-hydroxylation sites is 1. The van der Waals surface area contributed by atoms with Crippen LogP contribution in [-0.4, -0.2) is 47.5 Å². The lowest BCUT2D eigenvalue weighted by Gasteiger charge is -2.39. The summed E-state index contributed by atoms with van der Waals surface area (Å²) >= 11 is 5.82. The molecule has 1 aliphatic heterocycles. The highest BCUT2D eigenvalue weighted by Crippen LogP contribution is 2.33. The number of hydrogen-bond donors (Lipinski definition) is 1. The maximum absolute atomic E-state index is 14.0. The van der Waals surface area contributed by atoms with Gasteiger partial charge in [0.1, 0.15) is 11.6 Å². The van der Waals surface area contributed by atoms with E-state index in [1.807, 2.05) is 6.92 Å². The molecule has 0 saturated carbocycles. The molecule has 8 heteroatoms. The van der Waals surface area contributed by atoms with E-state index >= 15 is 0 Å². The van der Waals surface area contributed by atoms with Gasteiger partial charge in [0.25, 0.3) is 11.8 Å². The van der Waals surface area contributed by atoms with Crippen molar-refractivity contribution in [3.63, 3.8) is 0 Å². The van der Waals surface area contributed by atoms with Crippen LogP contribution in [0.3, 0.4) is 0 Å². The monoisotopic (exact) mass is 409 g/mol. The molecule has 1 aliphatic rings. The van der Waals surface area contributed by atoms with Crippen molar-refractivity contribution in [1.29, 1.82) is 0 Å². The summed E-state index contributed by atoms with van der Waals surface area (Å²) in [6, 6.07) is 9.53. The number of rotatable bonds is 6. The number of piperidine rings is 1. The molecule has 5 nitrogen and oxygen atoms in total. The molecule has 1 N–H and O–H groups in total. The van der Waals surface area contributed by atoms with Gasteiger partial charge in [-0.05, 0) is 31.2 Å². The Labute approximate surface area is 167 Å². The zero-order valence-electron chi connectivity index (χ0n) is 15.5. The zero-order chi connectivity index (χ0) is 20.1. The normalized spacial score (nSPS) is 18.6. The molecule has 2 heterocycles. The zero-order valence-corrected chi connectivity index (χ0v) is 16.3. The predicted octanol–water partition coefficient (Wildman–Crippen LogP) is 4.49. The summed E-state index contributed by atoms with van der Waals surface area (Å²) < 4.78 is 33.6.